The van der Waals surface area contributed by atoms with Crippen molar-refractivity contribution in [2.24, 2.45) is 0 Å². The first-order valence-electron chi connectivity index (χ1n) is 5.28. The first kappa shape index (κ1) is 11.0. The number of carboxylic acids is 1. The molecule has 1 aliphatic rings. The fraction of sp³-hybridized carbons (Fsp3) is 0.545. The number of rotatable bonds is 3. The highest BCUT2D eigenvalue weighted by Crippen LogP contribution is 2.25. The molecule has 16 heavy (non-hydrogen) atoms. The number of hydrogen-bond donors (Lipinski definition) is 2. The summed E-state index contributed by atoms with van der Waals surface area (Å²) >= 11 is 0. The maximum atomic E-state index is 10.6. The van der Waals surface area contributed by atoms with E-state index >= 15 is 0 Å². The Kier molecular flexibility index (Phi) is 2.87. The van der Waals surface area contributed by atoms with Gasteiger partial charge in [-0.15, -0.1) is 0 Å². The summed E-state index contributed by atoms with van der Waals surface area (Å²) in [5.74, 6) is -0.633. The van der Waals surface area contributed by atoms with Crippen molar-refractivity contribution >= 4 is 11.9 Å². The molecule has 0 radical (unpaired) electrons. The van der Waals surface area contributed by atoms with Crippen LogP contribution in [0.4, 0.5) is 5.88 Å². The normalized spacial score (nSPS) is 25.3. The van der Waals surface area contributed by atoms with Gasteiger partial charge in [-0.3, -0.25) is 0 Å². The molecule has 1 aromatic heterocycles. The van der Waals surface area contributed by atoms with E-state index in [1.165, 1.54) is 6.07 Å². The van der Waals surface area contributed by atoms with Crippen molar-refractivity contribution in [3.63, 3.8) is 0 Å². The molecule has 1 aliphatic heterocycles. The zero-order valence-corrected chi connectivity index (χ0v) is 9.16. The first-order chi connectivity index (χ1) is 7.59. The van der Waals surface area contributed by atoms with Crippen LogP contribution in [0.25, 0.3) is 0 Å². The summed E-state index contributed by atoms with van der Waals surface area (Å²) in [6.45, 7) is 3.43. The van der Waals surface area contributed by atoms with Crippen LogP contribution < -0.4 is 5.32 Å². The van der Waals surface area contributed by atoms with Crippen LogP contribution in [0.3, 0.4) is 0 Å². The zero-order valence-electron chi connectivity index (χ0n) is 9.16. The minimum atomic E-state index is -1.06. The summed E-state index contributed by atoms with van der Waals surface area (Å²) in [4.78, 5) is 10.6. The van der Waals surface area contributed by atoms with Gasteiger partial charge in [0.05, 0.1) is 12.1 Å². The second kappa shape index (κ2) is 4.17. The number of furan rings is 1. The van der Waals surface area contributed by atoms with E-state index in [-0.39, 0.29) is 11.3 Å². The number of carboxylic acid groups (broad SMARTS) is 1. The van der Waals surface area contributed by atoms with Crippen molar-refractivity contribution in [1.29, 1.82) is 0 Å². The van der Waals surface area contributed by atoms with Crippen LogP contribution in [0.15, 0.2) is 16.5 Å². The van der Waals surface area contributed by atoms with Crippen LogP contribution in [0.5, 0.6) is 0 Å². The molecular formula is C11H15NO4. The lowest BCUT2D eigenvalue weighted by Gasteiger charge is -2.34. The fourth-order valence-corrected chi connectivity index (χ4v) is 1.85. The molecule has 0 spiro atoms. The summed E-state index contributed by atoms with van der Waals surface area (Å²) in [6.07, 6.45) is 1.98. The molecule has 5 heteroatoms. The van der Waals surface area contributed by atoms with Gasteiger partial charge >= 0.3 is 5.97 Å². The van der Waals surface area contributed by atoms with Crippen LogP contribution in [-0.4, -0.2) is 29.8 Å². The lowest BCUT2D eigenvalue weighted by atomic mass is 9.95. The molecular weight excluding hydrogens is 210 g/mol. The minimum absolute atomic E-state index is 0.0529. The molecule has 5 nitrogen and oxygen atoms in total. The summed E-state index contributed by atoms with van der Waals surface area (Å²) < 4.78 is 10.5. The van der Waals surface area contributed by atoms with E-state index in [4.69, 9.17) is 14.3 Å². The molecule has 1 unspecified atom stereocenters. The average molecular weight is 225 g/mol. The van der Waals surface area contributed by atoms with Crippen molar-refractivity contribution in [3.05, 3.63) is 17.9 Å². The second-order valence-corrected chi connectivity index (χ2v) is 4.31. The third-order valence-corrected chi connectivity index (χ3v) is 2.68. The van der Waals surface area contributed by atoms with Crippen LogP contribution in [-0.2, 0) is 4.74 Å². The second-order valence-electron chi connectivity index (χ2n) is 4.31. The smallest absolute Gasteiger partial charge is 0.371 e. The Hall–Kier alpha value is -1.49. The molecule has 0 saturated carbocycles. The first-order valence-corrected chi connectivity index (χ1v) is 5.28. The van der Waals surface area contributed by atoms with Gasteiger partial charge in [0.1, 0.15) is 0 Å². The van der Waals surface area contributed by atoms with Gasteiger partial charge < -0.3 is 19.6 Å². The van der Waals surface area contributed by atoms with E-state index in [1.807, 2.05) is 6.92 Å². The Morgan fingerprint density at radius 2 is 2.38 bits per heavy atom. The number of nitrogens with one attached hydrogen (secondary N) is 1. The van der Waals surface area contributed by atoms with Gasteiger partial charge in [0.2, 0.25) is 5.76 Å². The summed E-state index contributed by atoms with van der Waals surface area (Å²) in [6, 6.07) is 3.07. The van der Waals surface area contributed by atoms with E-state index < -0.39 is 5.97 Å². The zero-order chi connectivity index (χ0) is 11.6. The molecule has 1 atom stereocenters. The van der Waals surface area contributed by atoms with Crippen molar-refractivity contribution in [2.75, 3.05) is 18.5 Å². The van der Waals surface area contributed by atoms with E-state index in [1.54, 1.807) is 6.07 Å². The molecule has 0 aliphatic carbocycles. The van der Waals surface area contributed by atoms with Gasteiger partial charge in [-0.25, -0.2) is 4.79 Å². The molecule has 1 saturated heterocycles. The molecule has 2 rings (SSSR count). The highest BCUT2D eigenvalue weighted by atomic mass is 16.5. The van der Waals surface area contributed by atoms with E-state index in [0.29, 0.717) is 12.5 Å². The van der Waals surface area contributed by atoms with Gasteiger partial charge in [0.15, 0.2) is 5.88 Å². The molecule has 2 N–H and O–H groups in total. The Labute approximate surface area is 93.4 Å². The SMILES string of the molecule is CC1(Nc2ccc(C(=O)O)o2)CCCOC1. The van der Waals surface area contributed by atoms with Crippen LogP contribution in [0.2, 0.25) is 0 Å². The third-order valence-electron chi connectivity index (χ3n) is 2.68. The maximum Gasteiger partial charge on any atom is 0.371 e. The Bertz CT molecular complexity index is 379. The predicted molar refractivity (Wildman–Crippen MR) is 57.7 cm³/mol. The number of carbonyl (C=O) groups is 1. The lowest BCUT2D eigenvalue weighted by Crippen LogP contribution is -2.42. The highest BCUT2D eigenvalue weighted by Gasteiger charge is 2.28. The van der Waals surface area contributed by atoms with Crippen molar-refractivity contribution in [1.82, 2.24) is 0 Å². The van der Waals surface area contributed by atoms with Gasteiger partial charge in [-0.1, -0.05) is 0 Å². The van der Waals surface area contributed by atoms with Crippen LogP contribution in [0, 0.1) is 0 Å². The largest absolute Gasteiger partial charge is 0.475 e. The van der Waals surface area contributed by atoms with Crippen LogP contribution >= 0.6 is 0 Å². The number of anilines is 1. The van der Waals surface area contributed by atoms with Crippen molar-refractivity contribution < 1.29 is 19.1 Å². The molecule has 2 heterocycles. The number of hydrogen-bond acceptors (Lipinski definition) is 4. The van der Waals surface area contributed by atoms with Crippen molar-refractivity contribution in [2.45, 2.75) is 25.3 Å². The Balaban J connectivity index is 2.04. The quantitative estimate of drug-likeness (QED) is 0.822. The standard InChI is InChI=1S/C11H15NO4/c1-11(5-2-6-15-7-11)12-9-4-3-8(16-9)10(13)14/h3-4,12H,2,5-7H2,1H3,(H,13,14). The van der Waals surface area contributed by atoms with E-state index in [2.05, 4.69) is 5.32 Å². The fourth-order valence-electron chi connectivity index (χ4n) is 1.85. The minimum Gasteiger partial charge on any atom is -0.475 e. The van der Waals surface area contributed by atoms with Gasteiger partial charge in [-0.2, -0.15) is 0 Å². The molecule has 1 aromatic rings. The summed E-state index contributed by atoms with van der Waals surface area (Å²) in [5.41, 5.74) is -0.175. The topological polar surface area (TPSA) is 71.7 Å². The molecule has 0 aromatic carbocycles. The van der Waals surface area contributed by atoms with E-state index in [0.717, 1.165) is 19.4 Å². The van der Waals surface area contributed by atoms with Gasteiger partial charge in [0.25, 0.3) is 0 Å². The molecule has 0 bridgehead atoms. The third kappa shape index (κ3) is 2.36. The number of aromatic carboxylic acids is 1. The predicted octanol–water partition coefficient (Wildman–Crippen LogP) is 1.96. The molecule has 0 amide bonds. The molecule has 1 fully saturated rings. The molecule has 88 valence electrons. The Morgan fingerprint density at radius 1 is 1.56 bits per heavy atom. The summed E-state index contributed by atoms with van der Waals surface area (Å²) in [5, 5.41) is 11.9. The highest BCUT2D eigenvalue weighted by molar-refractivity contribution is 5.84. The Morgan fingerprint density at radius 3 is 2.94 bits per heavy atom. The lowest BCUT2D eigenvalue weighted by molar-refractivity contribution is 0.0530. The number of ether oxygens (including phenoxy) is 1. The van der Waals surface area contributed by atoms with Crippen LogP contribution in [0.1, 0.15) is 30.3 Å². The van der Waals surface area contributed by atoms with Gasteiger partial charge in [-0.05, 0) is 25.8 Å². The van der Waals surface area contributed by atoms with Gasteiger partial charge in [0, 0.05) is 12.7 Å². The van der Waals surface area contributed by atoms with E-state index in [9.17, 15) is 4.79 Å². The van der Waals surface area contributed by atoms with Crippen molar-refractivity contribution in [3.8, 4) is 0 Å². The monoisotopic (exact) mass is 225 g/mol. The average Bonchev–Trinajstić information content (AvgIpc) is 2.66. The summed E-state index contributed by atoms with van der Waals surface area (Å²) in [7, 11) is 0. The maximum absolute atomic E-state index is 10.6.